The monoisotopic (exact) mass is 367 g/mol. The van der Waals surface area contributed by atoms with E-state index in [9.17, 15) is 19.1 Å². The second-order valence-electron chi connectivity index (χ2n) is 7.25. The molecule has 1 atom stereocenters. The standard InChI is InChI=1S/C22H22FNO3/c1-13(2)11-18(25)19-20(15-7-9-16(23)10-8-15)24(22(27)21(19)26)17-6-4-5-14(3)12-17/h4-10,12-13,20,26H,11H2,1-3H3. The van der Waals surface area contributed by atoms with Gasteiger partial charge >= 0.3 is 0 Å². The Morgan fingerprint density at radius 1 is 1.19 bits per heavy atom. The van der Waals surface area contributed by atoms with Gasteiger partial charge in [-0.05, 0) is 48.2 Å². The highest BCUT2D eigenvalue weighted by Crippen LogP contribution is 2.41. The van der Waals surface area contributed by atoms with Gasteiger partial charge < -0.3 is 5.11 Å². The van der Waals surface area contributed by atoms with Crippen LogP contribution in [0.3, 0.4) is 0 Å². The molecule has 0 radical (unpaired) electrons. The molecule has 0 spiro atoms. The van der Waals surface area contributed by atoms with E-state index >= 15 is 0 Å². The number of hydrogen-bond acceptors (Lipinski definition) is 3. The molecule has 2 aromatic carbocycles. The van der Waals surface area contributed by atoms with Gasteiger partial charge in [-0.3, -0.25) is 14.5 Å². The third kappa shape index (κ3) is 3.63. The fourth-order valence-electron chi connectivity index (χ4n) is 3.38. The predicted octanol–water partition coefficient (Wildman–Crippen LogP) is 4.65. The summed E-state index contributed by atoms with van der Waals surface area (Å²) < 4.78 is 13.4. The number of Topliss-reactive ketones (excluding diaryl/α,β-unsaturated/α-hetero) is 1. The summed E-state index contributed by atoms with van der Waals surface area (Å²) in [5, 5.41) is 10.5. The van der Waals surface area contributed by atoms with Crippen molar-refractivity contribution in [1.29, 1.82) is 0 Å². The van der Waals surface area contributed by atoms with Gasteiger partial charge in [0.1, 0.15) is 5.82 Å². The molecular formula is C22H22FNO3. The molecule has 5 heteroatoms. The van der Waals surface area contributed by atoms with Crippen LogP contribution in [0.5, 0.6) is 0 Å². The van der Waals surface area contributed by atoms with Crippen LogP contribution in [-0.4, -0.2) is 16.8 Å². The topological polar surface area (TPSA) is 57.6 Å². The van der Waals surface area contributed by atoms with E-state index in [2.05, 4.69) is 0 Å². The number of carbonyl (C=O) groups excluding carboxylic acids is 2. The summed E-state index contributed by atoms with van der Waals surface area (Å²) in [6, 6.07) is 12.1. The second-order valence-corrected chi connectivity index (χ2v) is 7.25. The first-order valence-corrected chi connectivity index (χ1v) is 8.91. The lowest BCUT2D eigenvalue weighted by Crippen LogP contribution is -2.31. The van der Waals surface area contributed by atoms with Crippen molar-refractivity contribution in [2.75, 3.05) is 4.90 Å². The minimum atomic E-state index is -0.786. The molecule has 1 aliphatic heterocycles. The molecule has 0 saturated heterocycles. The van der Waals surface area contributed by atoms with Gasteiger partial charge in [-0.15, -0.1) is 0 Å². The van der Waals surface area contributed by atoms with E-state index in [1.807, 2.05) is 39.0 Å². The summed E-state index contributed by atoms with van der Waals surface area (Å²) >= 11 is 0. The van der Waals surface area contributed by atoms with E-state index in [1.165, 1.54) is 29.2 Å². The lowest BCUT2D eigenvalue weighted by molar-refractivity contribution is -0.118. The van der Waals surface area contributed by atoms with Crippen molar-refractivity contribution >= 4 is 17.4 Å². The summed E-state index contributed by atoms with van der Waals surface area (Å²) in [6.07, 6.45) is 0.214. The highest BCUT2D eigenvalue weighted by Gasteiger charge is 2.44. The summed E-state index contributed by atoms with van der Waals surface area (Å²) in [5.74, 6) is -1.76. The molecule has 0 fully saturated rings. The zero-order valence-corrected chi connectivity index (χ0v) is 15.6. The van der Waals surface area contributed by atoms with E-state index in [0.717, 1.165) is 5.56 Å². The quantitative estimate of drug-likeness (QED) is 0.837. The minimum absolute atomic E-state index is 0.0711. The van der Waals surface area contributed by atoms with Crippen LogP contribution in [-0.2, 0) is 9.59 Å². The molecule has 0 aliphatic carbocycles. The summed E-state index contributed by atoms with van der Waals surface area (Å²) in [7, 11) is 0. The Kier molecular flexibility index (Phi) is 5.13. The SMILES string of the molecule is Cc1cccc(N2C(=O)C(O)=C(C(=O)CC(C)C)C2c2ccc(F)cc2)c1. The maximum absolute atomic E-state index is 13.4. The number of aliphatic hydroxyl groups excluding tert-OH is 1. The number of nitrogens with zero attached hydrogens (tertiary/aromatic N) is 1. The number of rotatable bonds is 5. The summed E-state index contributed by atoms with van der Waals surface area (Å²) in [6.45, 7) is 5.70. The average Bonchev–Trinajstić information content (AvgIpc) is 2.86. The van der Waals surface area contributed by atoms with Gasteiger partial charge in [0.2, 0.25) is 0 Å². The van der Waals surface area contributed by atoms with Crippen LogP contribution in [0.1, 0.15) is 37.4 Å². The molecule has 140 valence electrons. The fourth-order valence-corrected chi connectivity index (χ4v) is 3.38. The molecule has 1 unspecified atom stereocenters. The number of halogens is 1. The van der Waals surface area contributed by atoms with Crippen LogP contribution >= 0.6 is 0 Å². The molecule has 1 N–H and O–H groups in total. The Bertz CT molecular complexity index is 915. The number of benzene rings is 2. The Morgan fingerprint density at radius 3 is 2.44 bits per heavy atom. The van der Waals surface area contributed by atoms with E-state index in [-0.39, 0.29) is 23.7 Å². The number of hydrogen-bond donors (Lipinski definition) is 1. The molecule has 0 bridgehead atoms. The first-order valence-electron chi connectivity index (χ1n) is 8.91. The Labute approximate surface area is 157 Å². The number of ketones is 1. The van der Waals surface area contributed by atoms with Crippen molar-refractivity contribution in [1.82, 2.24) is 0 Å². The largest absolute Gasteiger partial charge is 0.503 e. The van der Waals surface area contributed by atoms with Gasteiger partial charge in [-0.25, -0.2) is 4.39 Å². The molecule has 1 heterocycles. The Hall–Kier alpha value is -2.95. The van der Waals surface area contributed by atoms with Crippen LogP contribution in [0.25, 0.3) is 0 Å². The van der Waals surface area contributed by atoms with E-state index in [1.54, 1.807) is 6.07 Å². The van der Waals surface area contributed by atoms with Crippen molar-refractivity contribution in [3.8, 4) is 0 Å². The number of anilines is 1. The van der Waals surface area contributed by atoms with Gasteiger partial charge in [0.15, 0.2) is 11.5 Å². The molecule has 0 aromatic heterocycles. The van der Waals surface area contributed by atoms with E-state index in [4.69, 9.17) is 0 Å². The van der Waals surface area contributed by atoms with Gasteiger partial charge in [-0.1, -0.05) is 38.1 Å². The zero-order chi connectivity index (χ0) is 19.7. The van der Waals surface area contributed by atoms with Crippen LogP contribution in [0.4, 0.5) is 10.1 Å². The molecule has 27 heavy (non-hydrogen) atoms. The lowest BCUT2D eigenvalue weighted by atomic mass is 9.92. The van der Waals surface area contributed by atoms with Gasteiger partial charge in [0.05, 0.1) is 11.6 Å². The first kappa shape index (κ1) is 18.8. The Morgan fingerprint density at radius 2 is 1.85 bits per heavy atom. The first-order chi connectivity index (χ1) is 12.8. The van der Waals surface area contributed by atoms with Crippen molar-refractivity contribution < 1.29 is 19.1 Å². The maximum atomic E-state index is 13.4. The van der Waals surface area contributed by atoms with Crippen LogP contribution in [0, 0.1) is 18.7 Å². The molecule has 1 amide bonds. The van der Waals surface area contributed by atoms with Crippen LogP contribution in [0.2, 0.25) is 0 Å². The van der Waals surface area contributed by atoms with E-state index in [0.29, 0.717) is 11.3 Å². The van der Waals surface area contributed by atoms with Gasteiger partial charge in [0, 0.05) is 12.1 Å². The third-order valence-electron chi connectivity index (χ3n) is 4.57. The van der Waals surface area contributed by atoms with E-state index < -0.39 is 23.5 Å². The fraction of sp³-hybridized carbons (Fsp3) is 0.273. The number of aliphatic hydroxyl groups is 1. The number of carbonyl (C=O) groups is 2. The maximum Gasteiger partial charge on any atom is 0.294 e. The molecule has 2 aromatic rings. The predicted molar refractivity (Wildman–Crippen MR) is 102 cm³/mol. The average molecular weight is 367 g/mol. The molecule has 3 rings (SSSR count). The summed E-state index contributed by atoms with van der Waals surface area (Å²) in [5.41, 5.74) is 2.16. The van der Waals surface area contributed by atoms with Crippen molar-refractivity contribution in [3.05, 3.63) is 76.8 Å². The van der Waals surface area contributed by atoms with Crippen LogP contribution < -0.4 is 4.90 Å². The highest BCUT2D eigenvalue weighted by molar-refractivity contribution is 6.16. The van der Waals surface area contributed by atoms with Gasteiger partial charge in [-0.2, -0.15) is 0 Å². The molecule has 4 nitrogen and oxygen atoms in total. The van der Waals surface area contributed by atoms with Gasteiger partial charge in [0.25, 0.3) is 5.91 Å². The zero-order valence-electron chi connectivity index (χ0n) is 15.6. The molecular weight excluding hydrogens is 345 g/mol. The van der Waals surface area contributed by atoms with Crippen LogP contribution in [0.15, 0.2) is 59.9 Å². The number of aryl methyl sites for hydroxylation is 1. The third-order valence-corrected chi connectivity index (χ3v) is 4.57. The normalized spacial score (nSPS) is 17.1. The number of amides is 1. The smallest absolute Gasteiger partial charge is 0.294 e. The second kappa shape index (κ2) is 7.35. The van der Waals surface area contributed by atoms with Crippen molar-refractivity contribution in [2.24, 2.45) is 5.92 Å². The van der Waals surface area contributed by atoms with Crippen molar-refractivity contribution in [2.45, 2.75) is 33.2 Å². The molecule has 0 saturated carbocycles. The van der Waals surface area contributed by atoms with Crippen molar-refractivity contribution in [3.63, 3.8) is 0 Å². The lowest BCUT2D eigenvalue weighted by Gasteiger charge is -2.27. The molecule has 1 aliphatic rings. The highest BCUT2D eigenvalue weighted by atomic mass is 19.1. The Balaban J connectivity index is 2.15. The summed E-state index contributed by atoms with van der Waals surface area (Å²) in [4.78, 5) is 27.1. The minimum Gasteiger partial charge on any atom is -0.503 e.